The van der Waals surface area contributed by atoms with E-state index in [1.54, 1.807) is 0 Å². The van der Waals surface area contributed by atoms with Gasteiger partial charge < -0.3 is 14.2 Å². The SMILES string of the molecule is Cc1cc2cc(C(=O)N3CC[C@]4(CCCN(CC5CC5)C4)C3)ccc2o1. The molecule has 138 valence electrons. The summed E-state index contributed by atoms with van der Waals surface area (Å²) >= 11 is 0. The van der Waals surface area contributed by atoms with E-state index in [0.29, 0.717) is 5.41 Å². The van der Waals surface area contributed by atoms with E-state index in [0.717, 1.165) is 47.7 Å². The molecule has 1 aliphatic carbocycles. The first kappa shape index (κ1) is 16.4. The number of piperidine rings is 1. The molecular weight excluding hydrogens is 324 g/mol. The minimum atomic E-state index is 0.182. The van der Waals surface area contributed by atoms with Crippen LogP contribution in [0.2, 0.25) is 0 Å². The number of aryl methyl sites for hydroxylation is 1. The van der Waals surface area contributed by atoms with E-state index in [2.05, 4.69) is 9.80 Å². The van der Waals surface area contributed by atoms with E-state index in [9.17, 15) is 4.79 Å². The molecule has 2 aliphatic heterocycles. The second kappa shape index (κ2) is 6.12. The van der Waals surface area contributed by atoms with E-state index in [-0.39, 0.29) is 5.91 Å². The number of hydrogen-bond donors (Lipinski definition) is 0. The van der Waals surface area contributed by atoms with Gasteiger partial charge in [0, 0.05) is 42.5 Å². The molecule has 1 aromatic heterocycles. The lowest BCUT2D eigenvalue weighted by Gasteiger charge is -2.40. The zero-order valence-corrected chi connectivity index (χ0v) is 15.7. The Hall–Kier alpha value is -1.81. The van der Waals surface area contributed by atoms with Crippen LogP contribution in [0.4, 0.5) is 0 Å². The molecular formula is C22H28N2O2. The van der Waals surface area contributed by atoms with Gasteiger partial charge in [-0.25, -0.2) is 0 Å². The van der Waals surface area contributed by atoms with Crippen molar-refractivity contribution in [2.45, 2.75) is 39.0 Å². The average Bonchev–Trinajstić information content (AvgIpc) is 3.22. The third kappa shape index (κ3) is 3.05. The Labute approximate surface area is 155 Å². The largest absolute Gasteiger partial charge is 0.461 e. The van der Waals surface area contributed by atoms with Crippen LogP contribution in [-0.4, -0.2) is 48.4 Å². The van der Waals surface area contributed by atoms with Crippen LogP contribution in [0.5, 0.6) is 0 Å². The maximum absolute atomic E-state index is 13.1. The summed E-state index contributed by atoms with van der Waals surface area (Å²) in [4.78, 5) is 17.8. The summed E-state index contributed by atoms with van der Waals surface area (Å²) in [6.07, 6.45) is 6.56. The molecule has 1 aromatic carbocycles. The average molecular weight is 352 g/mol. The number of hydrogen-bond acceptors (Lipinski definition) is 3. The lowest BCUT2D eigenvalue weighted by atomic mass is 9.79. The van der Waals surface area contributed by atoms with Crippen molar-refractivity contribution < 1.29 is 9.21 Å². The number of fused-ring (bicyclic) bond motifs is 1. The van der Waals surface area contributed by atoms with Gasteiger partial charge in [-0.15, -0.1) is 0 Å². The van der Waals surface area contributed by atoms with Gasteiger partial charge in [-0.2, -0.15) is 0 Å². The Kier molecular flexibility index (Phi) is 3.85. The monoisotopic (exact) mass is 352 g/mol. The number of amides is 1. The lowest BCUT2D eigenvalue weighted by molar-refractivity contribution is 0.0681. The highest BCUT2D eigenvalue weighted by Gasteiger charge is 2.43. The Morgan fingerprint density at radius 2 is 2.08 bits per heavy atom. The summed E-state index contributed by atoms with van der Waals surface area (Å²) < 4.78 is 5.64. The zero-order chi connectivity index (χ0) is 17.7. The number of carbonyl (C=O) groups excluding carboxylic acids is 1. The van der Waals surface area contributed by atoms with Gasteiger partial charge in [0.05, 0.1) is 0 Å². The number of rotatable bonds is 3. The summed E-state index contributed by atoms with van der Waals surface area (Å²) in [5, 5.41) is 1.02. The minimum Gasteiger partial charge on any atom is -0.461 e. The van der Waals surface area contributed by atoms with Crippen molar-refractivity contribution in [2.75, 3.05) is 32.7 Å². The second-order valence-electron chi connectivity index (χ2n) is 8.87. The predicted molar refractivity (Wildman–Crippen MR) is 102 cm³/mol. The highest BCUT2D eigenvalue weighted by Crippen LogP contribution is 2.41. The molecule has 3 aliphatic rings. The molecule has 26 heavy (non-hydrogen) atoms. The van der Waals surface area contributed by atoms with Crippen LogP contribution < -0.4 is 0 Å². The molecule has 2 saturated heterocycles. The first-order valence-corrected chi connectivity index (χ1v) is 10.1. The van der Waals surface area contributed by atoms with Crippen LogP contribution in [0.15, 0.2) is 28.7 Å². The first-order chi connectivity index (χ1) is 12.6. The summed E-state index contributed by atoms with van der Waals surface area (Å²) in [7, 11) is 0. The normalized spacial score (nSPS) is 26.9. The van der Waals surface area contributed by atoms with Gasteiger partial charge in [0.2, 0.25) is 0 Å². The van der Waals surface area contributed by atoms with Crippen LogP contribution >= 0.6 is 0 Å². The molecule has 0 radical (unpaired) electrons. The van der Waals surface area contributed by atoms with E-state index < -0.39 is 0 Å². The number of carbonyl (C=O) groups is 1. The van der Waals surface area contributed by atoms with Crippen molar-refractivity contribution in [3.63, 3.8) is 0 Å². The summed E-state index contributed by atoms with van der Waals surface area (Å²) in [6, 6.07) is 7.84. The molecule has 4 nitrogen and oxygen atoms in total. The Bertz CT molecular complexity index is 838. The Morgan fingerprint density at radius 3 is 2.92 bits per heavy atom. The maximum atomic E-state index is 13.1. The summed E-state index contributed by atoms with van der Waals surface area (Å²) in [5.41, 5.74) is 1.99. The number of likely N-dealkylation sites (tertiary alicyclic amines) is 2. The Balaban J connectivity index is 1.30. The van der Waals surface area contributed by atoms with Crippen LogP contribution in [-0.2, 0) is 0 Å². The second-order valence-corrected chi connectivity index (χ2v) is 8.87. The maximum Gasteiger partial charge on any atom is 0.253 e. The highest BCUT2D eigenvalue weighted by molar-refractivity contribution is 5.98. The Morgan fingerprint density at radius 1 is 1.19 bits per heavy atom. The van der Waals surface area contributed by atoms with Gasteiger partial charge >= 0.3 is 0 Å². The third-order valence-electron chi connectivity index (χ3n) is 6.57. The number of benzene rings is 1. The van der Waals surface area contributed by atoms with Crippen molar-refractivity contribution in [3.05, 3.63) is 35.6 Å². The van der Waals surface area contributed by atoms with Crippen LogP contribution in [0.25, 0.3) is 11.0 Å². The van der Waals surface area contributed by atoms with Gasteiger partial charge in [-0.3, -0.25) is 4.79 Å². The van der Waals surface area contributed by atoms with Gasteiger partial charge in [0.1, 0.15) is 11.3 Å². The van der Waals surface area contributed by atoms with Crippen LogP contribution in [0.3, 0.4) is 0 Å². The topological polar surface area (TPSA) is 36.7 Å². The quantitative estimate of drug-likeness (QED) is 0.835. The fourth-order valence-electron chi connectivity index (χ4n) is 5.06. The van der Waals surface area contributed by atoms with Crippen molar-refractivity contribution in [1.82, 2.24) is 9.80 Å². The molecule has 1 spiro atoms. The fraction of sp³-hybridized carbons (Fsp3) is 0.591. The lowest BCUT2D eigenvalue weighted by Crippen LogP contribution is -2.46. The molecule has 3 heterocycles. The van der Waals surface area contributed by atoms with E-state index in [1.807, 2.05) is 31.2 Å². The highest BCUT2D eigenvalue weighted by atomic mass is 16.3. The van der Waals surface area contributed by atoms with E-state index >= 15 is 0 Å². The summed E-state index contributed by atoms with van der Waals surface area (Å²) in [5.74, 6) is 2.03. The predicted octanol–water partition coefficient (Wildman–Crippen LogP) is 4.08. The molecule has 3 fully saturated rings. The first-order valence-electron chi connectivity index (χ1n) is 10.1. The molecule has 4 heteroatoms. The van der Waals surface area contributed by atoms with Crippen LogP contribution in [0, 0.1) is 18.3 Å². The molecule has 0 N–H and O–H groups in total. The molecule has 0 unspecified atom stereocenters. The molecule has 0 bridgehead atoms. The minimum absolute atomic E-state index is 0.182. The molecule has 1 saturated carbocycles. The zero-order valence-electron chi connectivity index (χ0n) is 15.7. The smallest absolute Gasteiger partial charge is 0.253 e. The molecule has 5 rings (SSSR count). The fourth-order valence-corrected chi connectivity index (χ4v) is 5.06. The van der Waals surface area contributed by atoms with Gasteiger partial charge in [-0.05, 0) is 75.8 Å². The van der Waals surface area contributed by atoms with Gasteiger partial charge in [-0.1, -0.05) is 0 Å². The van der Waals surface area contributed by atoms with Gasteiger partial charge in [0.15, 0.2) is 0 Å². The molecule has 1 atom stereocenters. The molecule has 1 amide bonds. The van der Waals surface area contributed by atoms with E-state index in [1.165, 1.54) is 45.3 Å². The standard InChI is InChI=1S/C22H28N2O2/c1-16-11-19-12-18(5-6-20(19)26-16)21(25)24-10-8-22(15-24)7-2-9-23(14-22)13-17-3-4-17/h5-6,11-12,17H,2-4,7-10,13-15H2,1H3/t22-/m0/s1. The third-order valence-corrected chi connectivity index (χ3v) is 6.57. The summed E-state index contributed by atoms with van der Waals surface area (Å²) in [6.45, 7) is 7.50. The van der Waals surface area contributed by atoms with Gasteiger partial charge in [0.25, 0.3) is 5.91 Å². The van der Waals surface area contributed by atoms with Crippen molar-refractivity contribution in [3.8, 4) is 0 Å². The molecule has 2 aromatic rings. The van der Waals surface area contributed by atoms with Crippen molar-refractivity contribution in [1.29, 1.82) is 0 Å². The van der Waals surface area contributed by atoms with E-state index in [4.69, 9.17) is 4.42 Å². The number of furan rings is 1. The van der Waals surface area contributed by atoms with Crippen LogP contribution in [0.1, 0.15) is 48.2 Å². The number of nitrogens with zero attached hydrogens (tertiary/aromatic N) is 2. The van der Waals surface area contributed by atoms with Crippen molar-refractivity contribution >= 4 is 16.9 Å². The van der Waals surface area contributed by atoms with Crippen molar-refractivity contribution in [2.24, 2.45) is 11.3 Å².